The molecule has 6 nitrogen and oxygen atoms in total. The van der Waals surface area contributed by atoms with Crippen LogP contribution in [0, 0.1) is 52.3 Å². The molecule has 14 atom stereocenters. The molecule has 1 heterocycles. The van der Waals surface area contributed by atoms with Crippen molar-refractivity contribution in [1.82, 2.24) is 0 Å². The average Bonchev–Trinajstić information content (AvgIpc) is 3.30. The zero-order valence-corrected chi connectivity index (χ0v) is 26.7. The molecule has 0 aromatic heterocycles. The molecule has 6 heteroatoms. The highest BCUT2D eigenvalue weighted by Crippen LogP contribution is 2.67. The van der Waals surface area contributed by atoms with Gasteiger partial charge in [0.05, 0.1) is 12.7 Å². The standard InChI is InChI=1S/C35H60O6/c1-7-22(20(2)3)9-8-21(4)26-12-13-27-25-11-10-23-18-24(14-16-34(23,5)28(25)15-17-35(26,27)6)40-33-32(39)31(38)30(37)29(19-36)41-33/h10,20-22,24-33,36-39H,7-9,11-19H2,1-6H3/t21-,22-,24+,25-,26-,27-,28-,29-,30-,31+,32-,33+,34+,35-/m1/s1. The van der Waals surface area contributed by atoms with Crippen LogP contribution in [0.5, 0.6) is 0 Å². The fourth-order valence-electron chi connectivity index (χ4n) is 10.8. The number of aliphatic hydroxyl groups is 4. The Bertz CT molecular complexity index is 918. The Labute approximate surface area is 249 Å². The summed E-state index contributed by atoms with van der Waals surface area (Å²) in [6, 6.07) is 0. The molecule has 5 rings (SSSR count). The van der Waals surface area contributed by atoms with E-state index in [0.29, 0.717) is 5.41 Å². The van der Waals surface area contributed by atoms with Crippen molar-refractivity contribution in [2.75, 3.05) is 6.61 Å². The summed E-state index contributed by atoms with van der Waals surface area (Å²) < 4.78 is 11.9. The molecule has 236 valence electrons. The fraction of sp³-hybridized carbons (Fsp3) is 0.943. The molecule has 0 aromatic rings. The first-order valence-corrected chi connectivity index (χ1v) is 17.1. The van der Waals surface area contributed by atoms with Crippen molar-refractivity contribution < 1.29 is 29.9 Å². The molecule has 1 saturated heterocycles. The first-order valence-electron chi connectivity index (χ1n) is 17.1. The van der Waals surface area contributed by atoms with E-state index in [9.17, 15) is 20.4 Å². The summed E-state index contributed by atoms with van der Waals surface area (Å²) in [5, 5.41) is 40.4. The molecular weight excluding hydrogens is 516 g/mol. The van der Waals surface area contributed by atoms with E-state index in [2.05, 4.69) is 47.6 Å². The van der Waals surface area contributed by atoms with Gasteiger partial charge in [-0.05, 0) is 110 Å². The minimum atomic E-state index is -1.40. The lowest BCUT2D eigenvalue weighted by atomic mass is 9.47. The maximum atomic E-state index is 10.5. The molecule has 0 radical (unpaired) electrons. The van der Waals surface area contributed by atoms with Gasteiger partial charge in [0.15, 0.2) is 6.29 Å². The van der Waals surface area contributed by atoms with Gasteiger partial charge in [0.25, 0.3) is 0 Å². The maximum absolute atomic E-state index is 10.5. The van der Waals surface area contributed by atoms with Gasteiger partial charge in [0.1, 0.15) is 24.4 Å². The van der Waals surface area contributed by atoms with Crippen LogP contribution in [0.25, 0.3) is 0 Å². The highest BCUT2D eigenvalue weighted by molar-refractivity contribution is 5.25. The Morgan fingerprint density at radius 2 is 1.71 bits per heavy atom. The van der Waals surface area contributed by atoms with E-state index in [0.717, 1.165) is 60.7 Å². The number of ether oxygens (including phenoxy) is 2. The molecule has 4 N–H and O–H groups in total. The molecule has 41 heavy (non-hydrogen) atoms. The van der Waals surface area contributed by atoms with E-state index >= 15 is 0 Å². The number of aliphatic hydroxyl groups excluding tert-OH is 4. The Morgan fingerprint density at radius 1 is 0.951 bits per heavy atom. The molecular formula is C35H60O6. The molecule has 3 saturated carbocycles. The smallest absolute Gasteiger partial charge is 0.186 e. The van der Waals surface area contributed by atoms with E-state index in [-0.39, 0.29) is 11.5 Å². The van der Waals surface area contributed by atoms with E-state index < -0.39 is 37.3 Å². The fourth-order valence-corrected chi connectivity index (χ4v) is 10.8. The minimum Gasteiger partial charge on any atom is -0.394 e. The van der Waals surface area contributed by atoms with Crippen molar-refractivity contribution in [3.8, 4) is 0 Å². The second-order valence-corrected chi connectivity index (χ2v) is 15.7. The lowest BCUT2D eigenvalue weighted by molar-refractivity contribution is -0.313. The zero-order chi connectivity index (χ0) is 29.7. The van der Waals surface area contributed by atoms with Crippen LogP contribution in [0.2, 0.25) is 0 Å². The van der Waals surface area contributed by atoms with Crippen molar-refractivity contribution >= 4 is 0 Å². The van der Waals surface area contributed by atoms with Gasteiger partial charge >= 0.3 is 0 Å². The van der Waals surface area contributed by atoms with E-state index in [1.165, 1.54) is 56.9 Å². The highest BCUT2D eigenvalue weighted by atomic mass is 16.7. The van der Waals surface area contributed by atoms with Crippen LogP contribution in [0.4, 0.5) is 0 Å². The van der Waals surface area contributed by atoms with Gasteiger partial charge in [-0.1, -0.05) is 66.0 Å². The summed E-state index contributed by atoms with van der Waals surface area (Å²) in [6.45, 7) is 14.5. The molecule has 4 aliphatic carbocycles. The first-order chi connectivity index (χ1) is 19.4. The summed E-state index contributed by atoms with van der Waals surface area (Å²) in [5.41, 5.74) is 2.19. The normalized spacial score (nSPS) is 47.7. The Hall–Kier alpha value is -0.500. The summed E-state index contributed by atoms with van der Waals surface area (Å²) >= 11 is 0. The Balaban J connectivity index is 1.24. The Morgan fingerprint density at radius 3 is 2.39 bits per heavy atom. The maximum Gasteiger partial charge on any atom is 0.186 e. The third-order valence-electron chi connectivity index (χ3n) is 13.5. The molecule has 0 bridgehead atoms. The molecule has 5 aliphatic rings. The van der Waals surface area contributed by atoms with Crippen molar-refractivity contribution in [2.24, 2.45) is 52.3 Å². The zero-order valence-electron chi connectivity index (χ0n) is 26.7. The van der Waals surface area contributed by atoms with Gasteiger partial charge in [-0.15, -0.1) is 0 Å². The van der Waals surface area contributed by atoms with Crippen LogP contribution < -0.4 is 0 Å². The molecule has 0 aromatic carbocycles. The molecule has 0 unspecified atom stereocenters. The minimum absolute atomic E-state index is 0.101. The van der Waals surface area contributed by atoms with Gasteiger partial charge < -0.3 is 29.9 Å². The van der Waals surface area contributed by atoms with Crippen LogP contribution in [-0.2, 0) is 9.47 Å². The predicted molar refractivity (Wildman–Crippen MR) is 161 cm³/mol. The second-order valence-electron chi connectivity index (χ2n) is 15.7. The number of hydrogen-bond donors (Lipinski definition) is 4. The van der Waals surface area contributed by atoms with Crippen molar-refractivity contribution in [3.63, 3.8) is 0 Å². The van der Waals surface area contributed by atoms with Gasteiger partial charge in [0, 0.05) is 0 Å². The van der Waals surface area contributed by atoms with Crippen molar-refractivity contribution in [3.05, 3.63) is 11.6 Å². The van der Waals surface area contributed by atoms with Crippen LogP contribution in [0.3, 0.4) is 0 Å². The topological polar surface area (TPSA) is 99.4 Å². The van der Waals surface area contributed by atoms with E-state index in [1.807, 2.05) is 0 Å². The highest BCUT2D eigenvalue weighted by Gasteiger charge is 2.59. The first kappa shape index (κ1) is 31.9. The summed E-state index contributed by atoms with van der Waals surface area (Å²) in [7, 11) is 0. The van der Waals surface area contributed by atoms with Gasteiger partial charge in [0.2, 0.25) is 0 Å². The second kappa shape index (κ2) is 12.5. The average molecular weight is 577 g/mol. The van der Waals surface area contributed by atoms with Crippen molar-refractivity contribution in [1.29, 1.82) is 0 Å². The number of rotatable bonds is 9. The Kier molecular flexibility index (Phi) is 9.71. The van der Waals surface area contributed by atoms with Crippen LogP contribution >= 0.6 is 0 Å². The van der Waals surface area contributed by atoms with Gasteiger partial charge in [-0.3, -0.25) is 0 Å². The molecule has 1 aliphatic heterocycles. The number of fused-ring (bicyclic) bond motifs is 5. The lowest BCUT2D eigenvalue weighted by Crippen LogP contribution is -2.60. The molecule has 0 spiro atoms. The summed E-state index contributed by atoms with van der Waals surface area (Å²) in [5.74, 6) is 5.66. The van der Waals surface area contributed by atoms with E-state index in [4.69, 9.17) is 9.47 Å². The molecule has 0 amide bonds. The lowest BCUT2D eigenvalue weighted by Gasteiger charge is -2.58. The van der Waals surface area contributed by atoms with Crippen LogP contribution in [-0.4, -0.2) is 63.8 Å². The largest absolute Gasteiger partial charge is 0.394 e. The van der Waals surface area contributed by atoms with Gasteiger partial charge in [-0.25, -0.2) is 0 Å². The monoisotopic (exact) mass is 576 g/mol. The van der Waals surface area contributed by atoms with Crippen molar-refractivity contribution in [2.45, 2.75) is 149 Å². The third-order valence-corrected chi connectivity index (χ3v) is 13.5. The molecule has 4 fully saturated rings. The summed E-state index contributed by atoms with van der Waals surface area (Å²) in [4.78, 5) is 0. The SMILES string of the molecule is CC[C@H](CC[C@@H](C)[C@H]1CC[C@@H]2[C@H]3CC=C4C[C@@H](O[C@H]5O[C@H](CO)[C@@H](O)[C@H](O)[C@H]5O)CC[C@]4(C)[C@@H]3CC[C@@]21C)C(C)C. The van der Waals surface area contributed by atoms with Gasteiger partial charge in [-0.2, -0.15) is 0 Å². The number of hydrogen-bond acceptors (Lipinski definition) is 6. The third kappa shape index (κ3) is 5.73. The van der Waals surface area contributed by atoms with Crippen LogP contribution in [0.1, 0.15) is 112 Å². The van der Waals surface area contributed by atoms with E-state index in [1.54, 1.807) is 0 Å². The quantitative estimate of drug-likeness (QED) is 0.257. The predicted octanol–water partition coefficient (Wildman–Crippen LogP) is 5.85. The number of allylic oxidation sites excluding steroid dienone is 1. The van der Waals surface area contributed by atoms with Crippen LogP contribution in [0.15, 0.2) is 11.6 Å². The summed E-state index contributed by atoms with van der Waals surface area (Å²) in [6.07, 6.45) is 9.92.